The lowest BCUT2D eigenvalue weighted by molar-refractivity contribution is -0.120. The van der Waals surface area contributed by atoms with E-state index in [4.69, 9.17) is 10.9 Å². The zero-order valence-electron chi connectivity index (χ0n) is 6.14. The van der Waals surface area contributed by atoms with Gasteiger partial charge in [-0.3, -0.25) is 10.2 Å². The van der Waals surface area contributed by atoms with E-state index in [2.05, 4.69) is 5.11 Å². The zero-order chi connectivity index (χ0) is 8.15. The van der Waals surface area contributed by atoms with Crippen LogP contribution in [0.4, 0.5) is 0 Å². The molecule has 0 amide bonds. The van der Waals surface area contributed by atoms with Gasteiger partial charge in [0.15, 0.2) is 0 Å². The Hall–Kier alpha value is -1.06. The van der Waals surface area contributed by atoms with Crippen LogP contribution < -0.4 is 0 Å². The highest BCUT2D eigenvalue weighted by molar-refractivity contribution is 6.00. The molecule has 0 saturated heterocycles. The molecule has 10 heavy (non-hydrogen) atoms. The third-order valence-electron chi connectivity index (χ3n) is 1.12. The van der Waals surface area contributed by atoms with Crippen molar-refractivity contribution in [2.75, 3.05) is 0 Å². The Morgan fingerprint density at radius 1 is 1.60 bits per heavy atom. The molecule has 56 valence electrons. The molecule has 0 bridgehead atoms. The smallest absolute Gasteiger partial charge is 0.150 e. The van der Waals surface area contributed by atoms with Crippen molar-refractivity contribution in [1.29, 1.82) is 10.9 Å². The molecule has 0 aliphatic carbocycles. The minimum atomic E-state index is -0.168. The summed E-state index contributed by atoms with van der Waals surface area (Å²) in [4.78, 5) is 10.8. The average molecular weight is 141 g/mol. The molecular weight excluding hydrogens is 130 g/mol. The molecule has 2 N–H and O–H groups in total. The molecular formula is C6H11N3O. The monoisotopic (exact) mass is 141 g/mol. The Morgan fingerprint density at radius 2 is 2.10 bits per heavy atom. The minimum Gasteiger partial charge on any atom is -0.299 e. The molecule has 0 spiro atoms. The van der Waals surface area contributed by atoms with E-state index in [1.54, 1.807) is 13.8 Å². The van der Waals surface area contributed by atoms with E-state index in [9.17, 15) is 4.79 Å². The molecule has 0 radical (unpaired) electrons. The summed E-state index contributed by atoms with van der Waals surface area (Å²) in [5.74, 6) is -0.276. The number of nitrogens with zero attached hydrogens (tertiary/aromatic N) is 1. The van der Waals surface area contributed by atoms with E-state index < -0.39 is 0 Å². The highest BCUT2D eigenvalue weighted by atomic mass is 16.1. The van der Waals surface area contributed by atoms with Gasteiger partial charge in [-0.05, 0) is 0 Å². The summed E-state index contributed by atoms with van der Waals surface area (Å²) in [6.07, 6.45) is -0.0127. The second-order valence-electron chi connectivity index (χ2n) is 2.36. The van der Waals surface area contributed by atoms with Crippen LogP contribution in [-0.4, -0.2) is 11.6 Å². The maximum Gasteiger partial charge on any atom is 0.150 e. The topological polar surface area (TPSA) is 77.1 Å². The van der Waals surface area contributed by atoms with E-state index in [1.165, 1.54) is 0 Å². The van der Waals surface area contributed by atoms with E-state index in [0.29, 0.717) is 0 Å². The SMILES string of the molecule is CC(C)C(=O)CC(=N)N=N. The summed E-state index contributed by atoms with van der Waals surface area (Å²) >= 11 is 0. The molecule has 0 aromatic heterocycles. The quantitative estimate of drug-likeness (QED) is 0.349. The van der Waals surface area contributed by atoms with Crippen LogP contribution in [0.1, 0.15) is 20.3 Å². The van der Waals surface area contributed by atoms with Crippen LogP contribution >= 0.6 is 0 Å². The Kier molecular flexibility index (Phi) is 3.46. The third-order valence-corrected chi connectivity index (χ3v) is 1.12. The predicted molar refractivity (Wildman–Crippen MR) is 37.3 cm³/mol. The lowest BCUT2D eigenvalue weighted by Gasteiger charge is -1.99. The molecule has 0 aliphatic heterocycles. The van der Waals surface area contributed by atoms with Crippen LogP contribution in [0.3, 0.4) is 0 Å². The average Bonchev–Trinajstić information content (AvgIpc) is 1.87. The lowest BCUT2D eigenvalue weighted by Crippen LogP contribution is -2.10. The first-order valence-corrected chi connectivity index (χ1v) is 3.05. The number of ketones is 1. The molecule has 0 aromatic rings. The molecule has 0 atom stereocenters. The molecule has 0 rings (SSSR count). The Bertz CT molecular complexity index is 162. The molecule has 4 nitrogen and oxygen atoms in total. The van der Waals surface area contributed by atoms with E-state index in [-0.39, 0.29) is 24.0 Å². The fourth-order valence-electron chi connectivity index (χ4n) is 0.409. The molecule has 0 unspecified atom stereocenters. The standard InChI is InChI=1S/C6H11N3O/c1-4(2)5(10)3-6(7)9-8/h4,7-8H,3H2,1-2H3. The summed E-state index contributed by atoms with van der Waals surface area (Å²) in [6, 6.07) is 0. The van der Waals surface area contributed by atoms with Gasteiger partial charge in [0, 0.05) is 5.92 Å². The van der Waals surface area contributed by atoms with Gasteiger partial charge in [-0.2, -0.15) is 0 Å². The number of nitrogens with one attached hydrogen (secondary N) is 2. The number of carbonyl (C=O) groups is 1. The van der Waals surface area contributed by atoms with Gasteiger partial charge >= 0.3 is 0 Å². The van der Waals surface area contributed by atoms with Gasteiger partial charge in [0.25, 0.3) is 0 Å². The summed E-state index contributed by atoms with van der Waals surface area (Å²) in [5, 5.41) is 9.71. The largest absolute Gasteiger partial charge is 0.299 e. The maximum atomic E-state index is 10.8. The van der Waals surface area contributed by atoms with E-state index >= 15 is 0 Å². The zero-order valence-corrected chi connectivity index (χ0v) is 6.14. The number of carbonyl (C=O) groups excluding carboxylic acids is 1. The molecule has 0 fully saturated rings. The van der Waals surface area contributed by atoms with Gasteiger partial charge in [0.05, 0.1) is 6.42 Å². The van der Waals surface area contributed by atoms with E-state index in [0.717, 1.165) is 0 Å². The van der Waals surface area contributed by atoms with Crippen LogP contribution in [0.2, 0.25) is 0 Å². The Balaban J connectivity index is 3.80. The van der Waals surface area contributed by atoms with Crippen LogP contribution in [0, 0.1) is 16.9 Å². The van der Waals surface area contributed by atoms with Crippen molar-refractivity contribution in [1.82, 2.24) is 0 Å². The highest BCUT2D eigenvalue weighted by Gasteiger charge is 2.08. The normalized spacial score (nSPS) is 9.50. The molecule has 4 heteroatoms. The van der Waals surface area contributed by atoms with Crippen molar-refractivity contribution in [2.24, 2.45) is 11.0 Å². The van der Waals surface area contributed by atoms with Crippen molar-refractivity contribution in [3.8, 4) is 0 Å². The summed E-state index contributed by atoms with van der Waals surface area (Å²) < 4.78 is 0. The van der Waals surface area contributed by atoms with Crippen molar-refractivity contribution >= 4 is 11.6 Å². The maximum absolute atomic E-state index is 10.8. The number of Topliss-reactive ketones (excluding diaryl/α,β-unsaturated/α-hetero) is 1. The van der Waals surface area contributed by atoms with E-state index in [1.807, 2.05) is 0 Å². The first-order chi connectivity index (χ1) is 4.57. The van der Waals surface area contributed by atoms with Gasteiger partial charge < -0.3 is 0 Å². The second kappa shape index (κ2) is 3.87. The van der Waals surface area contributed by atoms with Gasteiger partial charge in [-0.15, -0.1) is 5.11 Å². The Morgan fingerprint density at radius 3 is 2.40 bits per heavy atom. The second-order valence-corrected chi connectivity index (χ2v) is 2.36. The number of rotatable bonds is 3. The number of amidine groups is 1. The summed E-state index contributed by atoms with van der Waals surface area (Å²) in [6.45, 7) is 3.53. The van der Waals surface area contributed by atoms with Crippen molar-refractivity contribution in [3.63, 3.8) is 0 Å². The fraction of sp³-hybridized carbons (Fsp3) is 0.667. The van der Waals surface area contributed by atoms with Crippen LogP contribution in [-0.2, 0) is 4.79 Å². The third kappa shape index (κ3) is 3.06. The summed E-state index contributed by atoms with van der Waals surface area (Å²) in [5.41, 5.74) is 6.39. The van der Waals surface area contributed by atoms with Crippen molar-refractivity contribution < 1.29 is 4.79 Å². The fourth-order valence-corrected chi connectivity index (χ4v) is 0.409. The summed E-state index contributed by atoms with van der Waals surface area (Å²) in [7, 11) is 0. The van der Waals surface area contributed by atoms with Crippen LogP contribution in [0.25, 0.3) is 0 Å². The van der Waals surface area contributed by atoms with Gasteiger partial charge in [0.1, 0.15) is 11.6 Å². The Labute approximate surface area is 59.6 Å². The van der Waals surface area contributed by atoms with Gasteiger partial charge in [-0.1, -0.05) is 13.8 Å². The number of hydrogen-bond acceptors (Lipinski definition) is 3. The van der Waals surface area contributed by atoms with Crippen LogP contribution in [0.5, 0.6) is 0 Å². The highest BCUT2D eigenvalue weighted by Crippen LogP contribution is 1.99. The number of hydrogen-bond donors (Lipinski definition) is 2. The molecule has 0 aliphatic rings. The van der Waals surface area contributed by atoms with Gasteiger partial charge in [0.2, 0.25) is 0 Å². The first kappa shape index (κ1) is 8.94. The van der Waals surface area contributed by atoms with Crippen LogP contribution in [0.15, 0.2) is 5.11 Å². The van der Waals surface area contributed by atoms with Crippen molar-refractivity contribution in [2.45, 2.75) is 20.3 Å². The van der Waals surface area contributed by atoms with Gasteiger partial charge in [-0.25, -0.2) is 5.53 Å². The lowest BCUT2D eigenvalue weighted by atomic mass is 10.1. The molecule has 0 heterocycles. The first-order valence-electron chi connectivity index (χ1n) is 3.05. The predicted octanol–water partition coefficient (Wildman–Crippen LogP) is 1.61. The molecule has 0 aromatic carbocycles. The minimum absolute atomic E-state index is 0.0127. The van der Waals surface area contributed by atoms with Crippen molar-refractivity contribution in [3.05, 3.63) is 0 Å². The molecule has 0 saturated carbocycles.